The van der Waals surface area contributed by atoms with Crippen LogP contribution in [0.15, 0.2) is 29.2 Å². The van der Waals surface area contributed by atoms with Gasteiger partial charge < -0.3 is 15.4 Å². The van der Waals surface area contributed by atoms with Crippen molar-refractivity contribution in [1.29, 1.82) is 0 Å². The van der Waals surface area contributed by atoms with Crippen molar-refractivity contribution in [1.82, 2.24) is 14.5 Å². The number of amides is 2. The third kappa shape index (κ3) is 4.82. The first-order valence-electron chi connectivity index (χ1n) is 10.9. The molecule has 0 radical (unpaired) electrons. The molecule has 4 rings (SSSR count). The lowest BCUT2D eigenvalue weighted by Crippen LogP contribution is -2.40. The Morgan fingerprint density at radius 1 is 1.09 bits per heavy atom. The topological polar surface area (TPSA) is 108 Å². The van der Waals surface area contributed by atoms with Gasteiger partial charge in [-0.05, 0) is 42.8 Å². The molecule has 0 unspecified atom stereocenters. The zero-order chi connectivity index (χ0) is 23.6. The highest BCUT2D eigenvalue weighted by Crippen LogP contribution is 2.37. The molecule has 1 aromatic carbocycles. The van der Waals surface area contributed by atoms with Gasteiger partial charge in [0, 0.05) is 43.7 Å². The van der Waals surface area contributed by atoms with Crippen LogP contribution in [0.5, 0.6) is 0 Å². The van der Waals surface area contributed by atoms with Crippen LogP contribution in [0.4, 0.5) is 5.00 Å². The Bertz CT molecular complexity index is 1140. The van der Waals surface area contributed by atoms with Crippen LogP contribution in [0, 0.1) is 0 Å². The average molecular weight is 493 g/mol. The number of anilines is 1. The van der Waals surface area contributed by atoms with Crippen molar-refractivity contribution >= 4 is 38.2 Å². The summed E-state index contributed by atoms with van der Waals surface area (Å²) in [6, 6.07) is 5.87. The van der Waals surface area contributed by atoms with Crippen LogP contribution in [-0.2, 0) is 27.7 Å². The lowest BCUT2D eigenvalue weighted by molar-refractivity contribution is 0.0730. The highest BCUT2D eigenvalue weighted by atomic mass is 32.2. The number of nitrogens with one attached hydrogen (secondary N) is 2. The number of carbonyl (C=O) groups excluding carboxylic acids is 2. The summed E-state index contributed by atoms with van der Waals surface area (Å²) in [6.07, 6.45) is 0.756. The van der Waals surface area contributed by atoms with Crippen molar-refractivity contribution in [2.45, 2.75) is 24.8 Å². The fourth-order valence-corrected chi connectivity index (χ4v) is 6.76. The molecule has 0 saturated carbocycles. The first-order valence-corrected chi connectivity index (χ1v) is 13.2. The SMILES string of the molecule is CCN1CCc2c(sc(NC(=O)c3ccc(S(=O)(=O)N4CCOCC4)cc3)c2C(=O)NC)C1. The summed E-state index contributed by atoms with van der Waals surface area (Å²) in [4.78, 5) is 29.1. The Kier molecular flexibility index (Phi) is 7.15. The standard InChI is InChI=1S/C22H28N4O5S2/c1-3-25-9-8-17-18(14-25)32-22(19(17)21(28)23-2)24-20(27)15-4-6-16(7-5-15)33(29,30)26-10-12-31-13-11-26/h4-7H,3,8-14H2,1-2H3,(H,23,28)(H,24,27). The number of fused-ring (bicyclic) bond motifs is 1. The van der Waals surface area contributed by atoms with E-state index in [2.05, 4.69) is 22.5 Å². The Morgan fingerprint density at radius 3 is 2.42 bits per heavy atom. The van der Waals surface area contributed by atoms with Crippen molar-refractivity contribution in [3.8, 4) is 0 Å². The van der Waals surface area contributed by atoms with Crippen molar-refractivity contribution in [2.75, 3.05) is 51.8 Å². The number of ether oxygens (including phenoxy) is 1. The van der Waals surface area contributed by atoms with Gasteiger partial charge in [-0.3, -0.25) is 14.5 Å². The number of nitrogens with zero attached hydrogens (tertiary/aromatic N) is 2. The second kappa shape index (κ2) is 9.90. The normalized spacial score (nSPS) is 17.4. The number of morpholine rings is 1. The van der Waals surface area contributed by atoms with E-state index in [0.717, 1.165) is 36.5 Å². The molecule has 2 aliphatic rings. The summed E-state index contributed by atoms with van der Waals surface area (Å²) in [6.45, 7) is 6.01. The van der Waals surface area contributed by atoms with Crippen molar-refractivity contribution in [3.63, 3.8) is 0 Å². The molecular weight excluding hydrogens is 464 g/mol. The van der Waals surface area contributed by atoms with Crippen LogP contribution in [0.1, 0.15) is 38.1 Å². The Balaban J connectivity index is 1.55. The Hall–Kier alpha value is -2.31. The molecule has 0 aliphatic carbocycles. The van der Waals surface area contributed by atoms with Crippen LogP contribution < -0.4 is 10.6 Å². The van der Waals surface area contributed by atoms with Crippen LogP contribution in [0.3, 0.4) is 0 Å². The zero-order valence-electron chi connectivity index (χ0n) is 18.7. The van der Waals surface area contributed by atoms with Gasteiger partial charge >= 0.3 is 0 Å². The van der Waals surface area contributed by atoms with Gasteiger partial charge in [-0.2, -0.15) is 4.31 Å². The van der Waals surface area contributed by atoms with Gasteiger partial charge in [0.05, 0.1) is 23.7 Å². The molecule has 1 fully saturated rings. The highest BCUT2D eigenvalue weighted by Gasteiger charge is 2.29. The molecule has 2 aromatic rings. The fourth-order valence-electron chi connectivity index (χ4n) is 4.07. The molecule has 2 amide bonds. The molecule has 1 saturated heterocycles. The van der Waals surface area contributed by atoms with Gasteiger partial charge in [0.1, 0.15) is 5.00 Å². The minimum Gasteiger partial charge on any atom is -0.379 e. The predicted molar refractivity (Wildman–Crippen MR) is 126 cm³/mol. The summed E-state index contributed by atoms with van der Waals surface area (Å²) < 4.78 is 32.2. The summed E-state index contributed by atoms with van der Waals surface area (Å²) >= 11 is 1.43. The minimum atomic E-state index is -3.63. The molecule has 3 heterocycles. The largest absolute Gasteiger partial charge is 0.379 e. The third-order valence-electron chi connectivity index (χ3n) is 5.99. The van der Waals surface area contributed by atoms with Crippen molar-refractivity contribution in [2.24, 2.45) is 0 Å². The molecule has 2 N–H and O–H groups in total. The molecule has 178 valence electrons. The van der Waals surface area contributed by atoms with Gasteiger partial charge in [0.25, 0.3) is 11.8 Å². The highest BCUT2D eigenvalue weighted by molar-refractivity contribution is 7.89. The number of benzene rings is 1. The number of rotatable bonds is 6. The number of carbonyl (C=O) groups is 2. The second-order valence-electron chi connectivity index (χ2n) is 7.90. The lowest BCUT2D eigenvalue weighted by atomic mass is 10.0. The Morgan fingerprint density at radius 2 is 1.79 bits per heavy atom. The maximum atomic E-state index is 13.0. The average Bonchev–Trinajstić information content (AvgIpc) is 3.20. The maximum Gasteiger partial charge on any atom is 0.256 e. The summed E-state index contributed by atoms with van der Waals surface area (Å²) in [5, 5.41) is 6.07. The van der Waals surface area contributed by atoms with E-state index in [4.69, 9.17) is 4.74 Å². The van der Waals surface area contributed by atoms with E-state index in [0.29, 0.717) is 42.4 Å². The van der Waals surface area contributed by atoms with E-state index in [-0.39, 0.29) is 16.7 Å². The maximum absolute atomic E-state index is 13.0. The van der Waals surface area contributed by atoms with Crippen molar-refractivity contribution < 1.29 is 22.7 Å². The van der Waals surface area contributed by atoms with Gasteiger partial charge in [-0.25, -0.2) is 8.42 Å². The van der Waals surface area contributed by atoms with Crippen LogP contribution in [0.2, 0.25) is 0 Å². The number of likely N-dealkylation sites (N-methyl/N-ethyl adjacent to an activating group) is 1. The van der Waals surface area contributed by atoms with E-state index in [9.17, 15) is 18.0 Å². The number of hydrogen-bond acceptors (Lipinski definition) is 7. The Labute approximate surface area is 197 Å². The first kappa shape index (κ1) is 23.8. The molecule has 9 nitrogen and oxygen atoms in total. The summed E-state index contributed by atoms with van der Waals surface area (Å²) in [5.74, 6) is -0.610. The van der Waals surface area contributed by atoms with Crippen molar-refractivity contribution in [3.05, 3.63) is 45.8 Å². The van der Waals surface area contributed by atoms with Gasteiger partial charge in [-0.15, -0.1) is 11.3 Å². The van der Waals surface area contributed by atoms with E-state index < -0.39 is 10.0 Å². The third-order valence-corrected chi connectivity index (χ3v) is 9.03. The van der Waals surface area contributed by atoms with E-state index in [1.165, 1.54) is 39.9 Å². The van der Waals surface area contributed by atoms with Crippen LogP contribution >= 0.6 is 11.3 Å². The van der Waals surface area contributed by atoms with E-state index in [1.54, 1.807) is 7.05 Å². The van der Waals surface area contributed by atoms with E-state index >= 15 is 0 Å². The quantitative estimate of drug-likeness (QED) is 0.636. The smallest absolute Gasteiger partial charge is 0.256 e. The van der Waals surface area contributed by atoms with E-state index in [1.807, 2.05) is 0 Å². The van der Waals surface area contributed by atoms with Crippen LogP contribution in [0.25, 0.3) is 0 Å². The number of sulfonamides is 1. The summed E-state index contributed by atoms with van der Waals surface area (Å²) in [5.41, 5.74) is 1.83. The molecule has 0 spiro atoms. The molecule has 0 bridgehead atoms. The second-order valence-corrected chi connectivity index (χ2v) is 10.9. The van der Waals surface area contributed by atoms with Gasteiger partial charge in [-0.1, -0.05) is 6.92 Å². The van der Waals surface area contributed by atoms with Crippen LogP contribution in [-0.4, -0.2) is 75.9 Å². The molecule has 1 aromatic heterocycles. The molecule has 33 heavy (non-hydrogen) atoms. The lowest BCUT2D eigenvalue weighted by Gasteiger charge is -2.26. The zero-order valence-corrected chi connectivity index (χ0v) is 20.4. The fraction of sp³-hybridized carbons (Fsp3) is 0.455. The minimum absolute atomic E-state index is 0.137. The molecular formula is C22H28N4O5S2. The molecule has 2 aliphatic heterocycles. The molecule has 11 heteroatoms. The summed E-state index contributed by atoms with van der Waals surface area (Å²) in [7, 11) is -2.05. The predicted octanol–water partition coefficient (Wildman–Crippen LogP) is 1.76. The molecule has 0 atom stereocenters. The number of hydrogen-bond donors (Lipinski definition) is 2. The van der Waals surface area contributed by atoms with Gasteiger partial charge in [0.2, 0.25) is 10.0 Å². The van der Waals surface area contributed by atoms with Gasteiger partial charge in [0.15, 0.2) is 0 Å². The number of thiophene rings is 1. The monoisotopic (exact) mass is 492 g/mol. The first-order chi connectivity index (χ1) is 15.8.